The van der Waals surface area contributed by atoms with E-state index in [1.54, 1.807) is 0 Å². The van der Waals surface area contributed by atoms with Gasteiger partial charge in [-0.25, -0.2) is 0 Å². The first-order chi connectivity index (χ1) is 10.5. The van der Waals surface area contributed by atoms with Crippen molar-refractivity contribution < 1.29 is 9.90 Å². The maximum Gasteiger partial charge on any atom is 0.237 e. The molecule has 0 fully saturated rings. The maximum atomic E-state index is 12.6. The molecule has 0 bridgehead atoms. The molecule has 1 amide bonds. The van der Waals surface area contributed by atoms with E-state index in [-0.39, 0.29) is 24.1 Å². The number of benzene rings is 1. The highest BCUT2D eigenvalue weighted by molar-refractivity contribution is 5.82. The topological polar surface area (TPSA) is 52.6 Å². The van der Waals surface area contributed by atoms with Gasteiger partial charge in [-0.05, 0) is 44.2 Å². The van der Waals surface area contributed by atoms with E-state index in [2.05, 4.69) is 34.5 Å². The predicted molar refractivity (Wildman–Crippen MR) is 88.6 cm³/mol. The summed E-state index contributed by atoms with van der Waals surface area (Å²) in [6.45, 7) is 7.84. The molecule has 0 aliphatic carbocycles. The zero-order chi connectivity index (χ0) is 16.2. The van der Waals surface area contributed by atoms with Crippen molar-refractivity contribution in [3.8, 4) is 0 Å². The van der Waals surface area contributed by atoms with Gasteiger partial charge in [0.15, 0.2) is 0 Å². The average molecular weight is 304 g/mol. The van der Waals surface area contributed by atoms with Crippen LogP contribution in [0.1, 0.15) is 44.7 Å². The molecular formula is C18H28N2O2. The third kappa shape index (κ3) is 3.87. The summed E-state index contributed by atoms with van der Waals surface area (Å²) in [5.74, 6) is 0.0529. The highest BCUT2D eigenvalue weighted by Crippen LogP contribution is 2.21. The van der Waals surface area contributed by atoms with Crippen LogP contribution in [0.25, 0.3) is 0 Å². The lowest BCUT2D eigenvalue weighted by Crippen LogP contribution is -2.54. The van der Waals surface area contributed by atoms with E-state index in [9.17, 15) is 9.90 Å². The predicted octanol–water partition coefficient (Wildman–Crippen LogP) is 2.10. The van der Waals surface area contributed by atoms with E-state index >= 15 is 0 Å². The highest BCUT2D eigenvalue weighted by Gasteiger charge is 2.30. The van der Waals surface area contributed by atoms with Crippen LogP contribution in [0, 0.1) is 0 Å². The number of rotatable bonds is 6. The van der Waals surface area contributed by atoms with Crippen LogP contribution in [0.3, 0.4) is 0 Å². The maximum absolute atomic E-state index is 12.6. The molecule has 0 aromatic heterocycles. The normalized spacial score (nSPS) is 19.1. The zero-order valence-electron chi connectivity index (χ0n) is 13.9. The van der Waals surface area contributed by atoms with Gasteiger partial charge in [0.2, 0.25) is 5.91 Å². The van der Waals surface area contributed by atoms with Gasteiger partial charge in [-0.1, -0.05) is 31.2 Å². The lowest BCUT2D eigenvalue weighted by Gasteiger charge is -2.36. The van der Waals surface area contributed by atoms with E-state index in [1.807, 2.05) is 20.8 Å². The second-order valence-corrected chi connectivity index (χ2v) is 6.54. The summed E-state index contributed by atoms with van der Waals surface area (Å²) in [7, 11) is 0. The number of hydrogen-bond acceptors (Lipinski definition) is 3. The van der Waals surface area contributed by atoms with Gasteiger partial charge < -0.3 is 10.4 Å². The Morgan fingerprint density at radius 2 is 2.09 bits per heavy atom. The van der Waals surface area contributed by atoms with Gasteiger partial charge in [0.25, 0.3) is 0 Å². The smallest absolute Gasteiger partial charge is 0.237 e. The molecule has 1 aliphatic heterocycles. The Morgan fingerprint density at radius 1 is 1.41 bits per heavy atom. The van der Waals surface area contributed by atoms with E-state index in [0.29, 0.717) is 6.42 Å². The average Bonchev–Trinajstić information content (AvgIpc) is 2.53. The van der Waals surface area contributed by atoms with Crippen LogP contribution in [0.4, 0.5) is 0 Å². The van der Waals surface area contributed by atoms with Crippen molar-refractivity contribution in [3.05, 3.63) is 35.4 Å². The standard InChI is InChI=1S/C18H28N2O2/c1-4-18(3,10-12-21)19-17(22)14(2)20-11-9-15-7-5-6-8-16(15)13-20/h5-8,14,21H,4,9-13H2,1-3H3,(H,19,22). The third-order valence-electron chi connectivity index (χ3n) is 4.96. The first-order valence-electron chi connectivity index (χ1n) is 8.23. The Balaban J connectivity index is 2.00. The molecule has 0 radical (unpaired) electrons. The number of aliphatic hydroxyl groups is 1. The Morgan fingerprint density at radius 3 is 2.73 bits per heavy atom. The second-order valence-electron chi connectivity index (χ2n) is 6.54. The number of hydrogen-bond donors (Lipinski definition) is 2. The Hall–Kier alpha value is -1.39. The van der Waals surface area contributed by atoms with Crippen molar-refractivity contribution in [1.82, 2.24) is 10.2 Å². The number of carbonyl (C=O) groups is 1. The fraction of sp³-hybridized carbons (Fsp3) is 0.611. The Kier molecular flexibility index (Phi) is 5.59. The summed E-state index contributed by atoms with van der Waals surface area (Å²) in [5.41, 5.74) is 2.39. The van der Waals surface area contributed by atoms with Crippen molar-refractivity contribution in [1.29, 1.82) is 0 Å². The minimum atomic E-state index is -0.326. The van der Waals surface area contributed by atoms with Crippen molar-refractivity contribution >= 4 is 5.91 Å². The summed E-state index contributed by atoms with van der Waals surface area (Å²) >= 11 is 0. The van der Waals surface area contributed by atoms with Gasteiger partial charge in [0, 0.05) is 25.2 Å². The molecule has 2 N–H and O–H groups in total. The molecule has 4 heteroatoms. The number of amides is 1. The van der Waals surface area contributed by atoms with Crippen LogP contribution in [0.5, 0.6) is 0 Å². The van der Waals surface area contributed by atoms with Gasteiger partial charge >= 0.3 is 0 Å². The molecule has 1 aliphatic rings. The zero-order valence-corrected chi connectivity index (χ0v) is 13.9. The molecular weight excluding hydrogens is 276 g/mol. The van der Waals surface area contributed by atoms with Crippen LogP contribution in [-0.4, -0.2) is 40.6 Å². The first kappa shape index (κ1) is 17.0. The molecule has 4 nitrogen and oxygen atoms in total. The monoisotopic (exact) mass is 304 g/mol. The van der Waals surface area contributed by atoms with Crippen LogP contribution in [-0.2, 0) is 17.8 Å². The molecule has 1 aromatic carbocycles. The molecule has 0 spiro atoms. The number of aliphatic hydroxyl groups excluding tert-OH is 1. The lowest BCUT2D eigenvalue weighted by atomic mass is 9.94. The van der Waals surface area contributed by atoms with E-state index in [1.165, 1.54) is 11.1 Å². The minimum absolute atomic E-state index is 0.0529. The highest BCUT2D eigenvalue weighted by atomic mass is 16.3. The molecule has 0 saturated heterocycles. The van der Waals surface area contributed by atoms with Crippen molar-refractivity contribution in [2.75, 3.05) is 13.2 Å². The largest absolute Gasteiger partial charge is 0.396 e. The molecule has 22 heavy (non-hydrogen) atoms. The van der Waals surface area contributed by atoms with Gasteiger partial charge in [0.1, 0.15) is 0 Å². The first-order valence-corrected chi connectivity index (χ1v) is 8.23. The van der Waals surface area contributed by atoms with Gasteiger partial charge in [-0.2, -0.15) is 0 Å². The fourth-order valence-electron chi connectivity index (χ4n) is 2.99. The molecule has 2 unspecified atom stereocenters. The molecule has 2 rings (SSSR count). The van der Waals surface area contributed by atoms with Crippen LogP contribution in [0.15, 0.2) is 24.3 Å². The van der Waals surface area contributed by atoms with E-state index in [4.69, 9.17) is 0 Å². The van der Waals surface area contributed by atoms with Crippen LogP contribution < -0.4 is 5.32 Å². The summed E-state index contributed by atoms with van der Waals surface area (Å²) < 4.78 is 0. The summed E-state index contributed by atoms with van der Waals surface area (Å²) in [6.07, 6.45) is 2.40. The quantitative estimate of drug-likeness (QED) is 0.846. The van der Waals surface area contributed by atoms with Crippen LogP contribution >= 0.6 is 0 Å². The fourth-order valence-corrected chi connectivity index (χ4v) is 2.99. The summed E-state index contributed by atoms with van der Waals surface area (Å²) in [6, 6.07) is 8.30. The van der Waals surface area contributed by atoms with E-state index in [0.717, 1.165) is 25.9 Å². The number of nitrogens with zero attached hydrogens (tertiary/aromatic N) is 1. The van der Waals surface area contributed by atoms with Crippen molar-refractivity contribution in [2.45, 2.75) is 58.2 Å². The number of nitrogens with one attached hydrogen (secondary N) is 1. The molecule has 122 valence electrons. The molecule has 0 saturated carbocycles. The van der Waals surface area contributed by atoms with Crippen molar-refractivity contribution in [3.63, 3.8) is 0 Å². The summed E-state index contributed by atoms with van der Waals surface area (Å²) in [4.78, 5) is 14.8. The molecule has 1 heterocycles. The Bertz CT molecular complexity index is 518. The summed E-state index contributed by atoms with van der Waals surface area (Å²) in [5, 5.41) is 12.3. The molecule has 2 atom stereocenters. The van der Waals surface area contributed by atoms with Gasteiger partial charge in [-0.3, -0.25) is 9.69 Å². The minimum Gasteiger partial charge on any atom is -0.396 e. The second kappa shape index (κ2) is 7.25. The number of carbonyl (C=O) groups excluding carboxylic acids is 1. The van der Waals surface area contributed by atoms with Crippen molar-refractivity contribution in [2.24, 2.45) is 0 Å². The molecule has 1 aromatic rings. The third-order valence-corrected chi connectivity index (χ3v) is 4.96. The van der Waals surface area contributed by atoms with E-state index < -0.39 is 0 Å². The lowest BCUT2D eigenvalue weighted by molar-refractivity contribution is -0.128. The SMILES string of the molecule is CCC(C)(CCO)NC(=O)C(C)N1CCc2ccccc2C1. The number of fused-ring (bicyclic) bond motifs is 1. The van der Waals surface area contributed by atoms with Crippen LogP contribution in [0.2, 0.25) is 0 Å². The van der Waals surface area contributed by atoms with Gasteiger partial charge in [0.05, 0.1) is 6.04 Å². The van der Waals surface area contributed by atoms with Gasteiger partial charge in [-0.15, -0.1) is 0 Å². The Labute approximate surface area is 133 Å².